The zero-order chi connectivity index (χ0) is 17.2. The summed E-state index contributed by atoms with van der Waals surface area (Å²) >= 11 is 0. The normalized spacial score (nSPS) is 21.6. The van der Waals surface area contributed by atoms with Gasteiger partial charge in [-0.05, 0) is 25.0 Å². The Hall–Kier alpha value is -2.05. The van der Waals surface area contributed by atoms with Crippen molar-refractivity contribution in [1.29, 1.82) is 0 Å². The van der Waals surface area contributed by atoms with E-state index in [-0.39, 0.29) is 30.7 Å². The number of hydrogen-bond acceptors (Lipinski definition) is 3. The first-order valence-electron chi connectivity index (χ1n) is 8.41. The zero-order valence-electron chi connectivity index (χ0n) is 13.5. The topological polar surface area (TPSA) is 55.8 Å². The van der Waals surface area contributed by atoms with Gasteiger partial charge in [-0.25, -0.2) is 13.6 Å². The second-order valence-electron chi connectivity index (χ2n) is 6.54. The zero-order valence-corrected chi connectivity index (χ0v) is 13.5. The summed E-state index contributed by atoms with van der Waals surface area (Å²) in [5, 5.41) is 12.8. The summed E-state index contributed by atoms with van der Waals surface area (Å²) in [6.45, 7) is 2.35. The van der Waals surface area contributed by atoms with Crippen LogP contribution in [0.5, 0.6) is 5.75 Å². The fourth-order valence-corrected chi connectivity index (χ4v) is 3.33. The van der Waals surface area contributed by atoms with Gasteiger partial charge in [-0.1, -0.05) is 12.1 Å². The molecule has 0 spiro atoms. The summed E-state index contributed by atoms with van der Waals surface area (Å²) in [7, 11) is 0. The number of benzene rings is 1. The van der Waals surface area contributed by atoms with E-state index in [9.17, 15) is 18.7 Å². The molecule has 7 heteroatoms. The van der Waals surface area contributed by atoms with Crippen LogP contribution in [0, 0.1) is 0 Å². The lowest BCUT2D eigenvalue weighted by Crippen LogP contribution is -2.54. The van der Waals surface area contributed by atoms with E-state index in [0.717, 1.165) is 5.69 Å². The van der Waals surface area contributed by atoms with Crippen LogP contribution in [0.2, 0.25) is 0 Å². The third kappa shape index (κ3) is 3.88. The number of urea groups is 1. The van der Waals surface area contributed by atoms with Crippen molar-refractivity contribution < 1.29 is 18.7 Å². The molecule has 0 radical (unpaired) electrons. The van der Waals surface area contributed by atoms with Crippen LogP contribution in [-0.2, 0) is 0 Å². The molecule has 1 aliphatic heterocycles. The molecule has 2 fully saturated rings. The predicted molar refractivity (Wildman–Crippen MR) is 87.6 cm³/mol. The largest absolute Gasteiger partial charge is 0.506 e. The van der Waals surface area contributed by atoms with Crippen LogP contribution in [0.3, 0.4) is 0 Å². The minimum Gasteiger partial charge on any atom is -0.506 e. The summed E-state index contributed by atoms with van der Waals surface area (Å²) in [5.41, 5.74) is 0.770. The summed E-state index contributed by atoms with van der Waals surface area (Å²) in [4.78, 5) is 16.1. The number of nitrogens with zero attached hydrogens (tertiary/aromatic N) is 2. The summed E-state index contributed by atoms with van der Waals surface area (Å²) in [6, 6.07) is 6.81. The molecule has 1 saturated carbocycles. The summed E-state index contributed by atoms with van der Waals surface area (Å²) in [5.74, 6) is -2.34. The molecular weight excluding hydrogens is 316 g/mol. The lowest BCUT2D eigenvalue weighted by Gasteiger charge is -2.37. The van der Waals surface area contributed by atoms with Gasteiger partial charge in [0, 0.05) is 45.1 Å². The molecule has 5 nitrogen and oxygen atoms in total. The first-order valence-corrected chi connectivity index (χ1v) is 8.41. The van der Waals surface area contributed by atoms with Crippen LogP contribution in [0.4, 0.5) is 19.3 Å². The molecule has 0 atom stereocenters. The van der Waals surface area contributed by atoms with Crippen molar-refractivity contribution >= 4 is 11.7 Å². The first kappa shape index (κ1) is 16.8. The maximum absolute atomic E-state index is 13.2. The monoisotopic (exact) mass is 339 g/mol. The van der Waals surface area contributed by atoms with Gasteiger partial charge in [-0.3, -0.25) is 0 Å². The molecule has 0 aromatic heterocycles. The molecule has 3 rings (SSSR count). The van der Waals surface area contributed by atoms with Crippen molar-refractivity contribution in [2.24, 2.45) is 0 Å². The van der Waals surface area contributed by atoms with Gasteiger partial charge in [0.15, 0.2) is 0 Å². The van der Waals surface area contributed by atoms with Crippen molar-refractivity contribution in [2.75, 3.05) is 31.1 Å². The predicted octanol–water partition coefficient (Wildman–Crippen LogP) is 2.80. The number of amides is 2. The number of rotatable bonds is 2. The average molecular weight is 339 g/mol. The van der Waals surface area contributed by atoms with Crippen LogP contribution >= 0.6 is 0 Å². The number of halogens is 2. The van der Waals surface area contributed by atoms with Crippen LogP contribution in [0.25, 0.3) is 0 Å². The highest BCUT2D eigenvalue weighted by atomic mass is 19.3. The molecular formula is C17H23F2N3O2. The van der Waals surface area contributed by atoms with Gasteiger partial charge in [0.25, 0.3) is 0 Å². The quantitative estimate of drug-likeness (QED) is 0.871. The molecule has 1 aliphatic carbocycles. The molecule has 0 bridgehead atoms. The van der Waals surface area contributed by atoms with Crippen LogP contribution in [-0.4, -0.2) is 54.2 Å². The first-order chi connectivity index (χ1) is 11.4. The lowest BCUT2D eigenvalue weighted by molar-refractivity contribution is -0.0398. The maximum atomic E-state index is 13.2. The second kappa shape index (κ2) is 6.83. The van der Waals surface area contributed by atoms with Gasteiger partial charge in [-0.15, -0.1) is 0 Å². The Balaban J connectivity index is 1.48. The van der Waals surface area contributed by atoms with E-state index in [2.05, 4.69) is 5.32 Å². The van der Waals surface area contributed by atoms with Crippen LogP contribution in [0.1, 0.15) is 25.7 Å². The Morgan fingerprint density at radius 2 is 1.75 bits per heavy atom. The number of piperazine rings is 1. The minimum absolute atomic E-state index is 0.154. The Morgan fingerprint density at radius 1 is 1.12 bits per heavy atom. The van der Waals surface area contributed by atoms with Gasteiger partial charge >= 0.3 is 6.03 Å². The fraction of sp³-hybridized carbons (Fsp3) is 0.588. The van der Waals surface area contributed by atoms with Gasteiger partial charge in [0.05, 0.1) is 5.69 Å². The number of phenolic OH excluding ortho intramolecular Hbond substituents is 1. The summed E-state index contributed by atoms with van der Waals surface area (Å²) in [6.07, 6.45) is 0.352. The number of carbonyl (C=O) groups excluding carboxylic acids is 1. The Morgan fingerprint density at radius 3 is 2.38 bits per heavy atom. The van der Waals surface area contributed by atoms with Crippen molar-refractivity contribution in [3.05, 3.63) is 24.3 Å². The Labute approximate surface area is 140 Å². The lowest BCUT2D eigenvalue weighted by atomic mass is 9.92. The molecule has 1 aromatic carbocycles. The number of aromatic hydroxyl groups is 1. The molecule has 132 valence electrons. The number of alkyl halides is 2. The van der Waals surface area contributed by atoms with E-state index in [4.69, 9.17) is 0 Å². The van der Waals surface area contributed by atoms with Crippen molar-refractivity contribution in [2.45, 2.75) is 37.6 Å². The molecule has 0 unspecified atom stereocenters. The van der Waals surface area contributed by atoms with Gasteiger partial charge in [0.2, 0.25) is 5.92 Å². The van der Waals surface area contributed by atoms with E-state index >= 15 is 0 Å². The maximum Gasteiger partial charge on any atom is 0.317 e. The van der Waals surface area contributed by atoms with Crippen LogP contribution in [0.15, 0.2) is 24.3 Å². The molecule has 2 aliphatic rings. The fourth-order valence-electron chi connectivity index (χ4n) is 3.33. The highest BCUT2D eigenvalue weighted by Crippen LogP contribution is 2.33. The summed E-state index contributed by atoms with van der Waals surface area (Å²) < 4.78 is 26.3. The number of carbonyl (C=O) groups is 1. The highest BCUT2D eigenvalue weighted by molar-refractivity contribution is 5.75. The molecule has 2 amide bonds. The molecule has 1 aromatic rings. The van der Waals surface area contributed by atoms with E-state index in [1.807, 2.05) is 17.0 Å². The number of nitrogens with one attached hydrogen (secondary N) is 1. The molecule has 2 N–H and O–H groups in total. The van der Waals surface area contributed by atoms with Gasteiger partial charge < -0.3 is 20.2 Å². The molecule has 1 saturated heterocycles. The number of anilines is 1. The SMILES string of the molecule is O=C(NC1CCC(F)(F)CC1)N1CCN(c2ccccc2O)CC1. The second-order valence-corrected chi connectivity index (χ2v) is 6.54. The third-order valence-electron chi connectivity index (χ3n) is 4.83. The smallest absolute Gasteiger partial charge is 0.317 e. The molecule has 1 heterocycles. The Bertz CT molecular complexity index is 579. The van der Waals surface area contributed by atoms with Crippen molar-refractivity contribution in [3.8, 4) is 5.75 Å². The molecule has 24 heavy (non-hydrogen) atoms. The van der Waals surface area contributed by atoms with E-state index in [1.54, 1.807) is 17.0 Å². The van der Waals surface area contributed by atoms with Gasteiger partial charge in [-0.2, -0.15) is 0 Å². The minimum atomic E-state index is -2.58. The van der Waals surface area contributed by atoms with E-state index < -0.39 is 5.92 Å². The third-order valence-corrected chi connectivity index (χ3v) is 4.83. The Kier molecular flexibility index (Phi) is 4.78. The average Bonchev–Trinajstić information content (AvgIpc) is 2.57. The van der Waals surface area contributed by atoms with Crippen LogP contribution < -0.4 is 10.2 Å². The number of phenols is 1. The van der Waals surface area contributed by atoms with E-state index in [0.29, 0.717) is 39.0 Å². The highest BCUT2D eigenvalue weighted by Gasteiger charge is 2.36. The van der Waals surface area contributed by atoms with Crippen molar-refractivity contribution in [3.63, 3.8) is 0 Å². The van der Waals surface area contributed by atoms with E-state index in [1.165, 1.54) is 0 Å². The van der Waals surface area contributed by atoms with Crippen molar-refractivity contribution in [1.82, 2.24) is 10.2 Å². The number of hydrogen-bond donors (Lipinski definition) is 2. The number of para-hydroxylation sites is 2. The van der Waals surface area contributed by atoms with Gasteiger partial charge in [0.1, 0.15) is 5.75 Å². The standard InChI is InChI=1S/C17H23F2N3O2/c18-17(19)7-5-13(6-8-17)20-16(24)22-11-9-21(10-12-22)14-3-1-2-4-15(14)23/h1-4,13,23H,5-12H2,(H,20,24).